The summed E-state index contributed by atoms with van der Waals surface area (Å²) < 4.78 is 25.5. The number of fused-ring (bicyclic) bond motifs is 1. The van der Waals surface area contributed by atoms with Crippen molar-refractivity contribution in [3.63, 3.8) is 0 Å². The van der Waals surface area contributed by atoms with Crippen molar-refractivity contribution in [1.82, 2.24) is 15.3 Å². The van der Waals surface area contributed by atoms with Crippen LogP contribution in [0.5, 0.6) is 5.75 Å². The van der Waals surface area contributed by atoms with Crippen molar-refractivity contribution in [2.24, 2.45) is 0 Å². The Hall–Kier alpha value is -4.54. The molecule has 1 amide bonds. The van der Waals surface area contributed by atoms with Crippen LogP contribution in [0, 0.1) is 5.82 Å². The number of rotatable bonds is 6. The van der Waals surface area contributed by atoms with Crippen LogP contribution in [0.15, 0.2) is 60.0 Å². The van der Waals surface area contributed by atoms with Gasteiger partial charge in [0, 0.05) is 43.3 Å². The first-order valence-corrected chi connectivity index (χ1v) is 10.7. The number of amides is 1. The number of halogens is 1. The number of carbonyl (C=O) groups excluding carboxylic acids is 3. The number of carbonyl (C=O) groups is 3. The number of aromatic nitrogens is 2. The van der Waals surface area contributed by atoms with Gasteiger partial charge in [-0.2, -0.15) is 4.98 Å². The third-order valence-corrected chi connectivity index (χ3v) is 5.13. The zero-order chi connectivity index (χ0) is 24.9. The van der Waals surface area contributed by atoms with E-state index in [0.717, 1.165) is 6.20 Å². The van der Waals surface area contributed by atoms with E-state index in [-0.39, 0.29) is 23.0 Å². The molecule has 4 rings (SSSR count). The predicted octanol–water partition coefficient (Wildman–Crippen LogP) is 2.85. The van der Waals surface area contributed by atoms with Gasteiger partial charge in [0.15, 0.2) is 11.6 Å². The van der Waals surface area contributed by atoms with Crippen LogP contribution in [0.2, 0.25) is 0 Å². The minimum Gasteiger partial charge on any atom is -0.493 e. The number of esters is 1. The molecule has 1 aliphatic heterocycles. The van der Waals surface area contributed by atoms with E-state index < -0.39 is 29.6 Å². The first-order valence-electron chi connectivity index (χ1n) is 10.7. The number of ether oxygens (including phenoxy) is 2. The third-order valence-electron chi connectivity index (χ3n) is 5.13. The van der Waals surface area contributed by atoms with Gasteiger partial charge in [-0.25, -0.2) is 9.37 Å². The van der Waals surface area contributed by atoms with E-state index in [1.807, 2.05) is 0 Å². The van der Waals surface area contributed by atoms with Crippen LogP contribution in [0.3, 0.4) is 0 Å². The van der Waals surface area contributed by atoms with Crippen molar-refractivity contribution in [3.8, 4) is 5.75 Å². The number of Topliss-reactive ketones (excluding diaryl/α,β-unsaturated/α-hetero) is 1. The fourth-order valence-electron chi connectivity index (χ4n) is 3.52. The Bertz CT molecular complexity index is 1290. The summed E-state index contributed by atoms with van der Waals surface area (Å²) >= 11 is 0. The largest absolute Gasteiger partial charge is 0.493 e. The number of hydrogen-bond acceptors (Lipinski definition) is 9. The number of ketones is 1. The molecule has 3 N–H and O–H groups in total. The monoisotopic (exact) mass is 479 g/mol. The van der Waals surface area contributed by atoms with Crippen molar-refractivity contribution in [3.05, 3.63) is 71.4 Å². The van der Waals surface area contributed by atoms with E-state index in [0.29, 0.717) is 30.0 Å². The molecule has 180 valence electrons. The zero-order valence-corrected chi connectivity index (χ0v) is 18.9. The highest BCUT2D eigenvalue weighted by atomic mass is 19.1. The van der Waals surface area contributed by atoms with Crippen LogP contribution in [0.1, 0.15) is 25.0 Å². The van der Waals surface area contributed by atoms with Gasteiger partial charge >= 0.3 is 5.97 Å². The van der Waals surface area contributed by atoms with E-state index in [1.165, 1.54) is 32.2 Å². The third kappa shape index (κ3) is 5.52. The molecule has 2 heterocycles. The summed E-state index contributed by atoms with van der Waals surface area (Å²) in [5.74, 6) is -1.57. The Labute approximate surface area is 199 Å². The van der Waals surface area contributed by atoms with Crippen molar-refractivity contribution in [2.45, 2.75) is 19.4 Å². The van der Waals surface area contributed by atoms with Crippen molar-refractivity contribution < 1.29 is 28.2 Å². The van der Waals surface area contributed by atoms with E-state index in [9.17, 15) is 18.8 Å². The van der Waals surface area contributed by atoms with Crippen molar-refractivity contribution in [2.75, 3.05) is 24.3 Å². The minimum absolute atomic E-state index is 0.0258. The van der Waals surface area contributed by atoms with E-state index in [1.54, 1.807) is 24.3 Å². The summed E-state index contributed by atoms with van der Waals surface area (Å²) in [6.07, 6.45) is 6.77. The Balaban J connectivity index is 1.54. The first kappa shape index (κ1) is 23.6. The van der Waals surface area contributed by atoms with Gasteiger partial charge in [-0.1, -0.05) is 12.2 Å². The summed E-state index contributed by atoms with van der Waals surface area (Å²) in [5.41, 5.74) is 1.44. The topological polar surface area (TPSA) is 132 Å². The molecule has 35 heavy (non-hydrogen) atoms. The maximum Gasteiger partial charge on any atom is 0.303 e. The molecule has 0 spiro atoms. The quantitative estimate of drug-likeness (QED) is 0.423. The van der Waals surface area contributed by atoms with E-state index >= 15 is 0 Å². The molecular weight excluding hydrogens is 457 g/mol. The standard InChI is InChI=1S/C24H22FN5O5/c1-13(31)35-20-8-9-34-19-7-6-15(11-16(19)20)28-23-17(25)12-27-24(30-23)29-18-5-3-4-14(22(18)33)10-21(32)26-2/h3-7,10-12,20H,8-9H2,1-2H3,(H,26,32)(H2,27,28,29,30). The van der Waals surface area contributed by atoms with Crippen molar-refractivity contribution in [1.29, 1.82) is 0 Å². The molecule has 11 heteroatoms. The van der Waals surface area contributed by atoms with Gasteiger partial charge < -0.3 is 25.4 Å². The molecule has 1 aromatic heterocycles. The second-order valence-corrected chi connectivity index (χ2v) is 7.61. The van der Waals surface area contributed by atoms with Crippen LogP contribution in [-0.4, -0.2) is 41.3 Å². The molecule has 10 nitrogen and oxygen atoms in total. The molecule has 1 atom stereocenters. The fourth-order valence-corrected chi connectivity index (χ4v) is 3.52. The minimum atomic E-state index is -0.717. The predicted molar refractivity (Wildman–Crippen MR) is 124 cm³/mol. The molecule has 1 unspecified atom stereocenters. The highest BCUT2D eigenvalue weighted by Crippen LogP contribution is 2.37. The van der Waals surface area contributed by atoms with Gasteiger partial charge in [-0.15, -0.1) is 0 Å². The number of benzene rings is 1. The Morgan fingerprint density at radius 2 is 2.11 bits per heavy atom. The molecule has 2 aromatic rings. The molecule has 0 saturated carbocycles. The van der Waals surface area contributed by atoms with Crippen LogP contribution >= 0.6 is 0 Å². The summed E-state index contributed by atoms with van der Waals surface area (Å²) in [4.78, 5) is 43.7. The average molecular weight is 479 g/mol. The molecule has 0 fully saturated rings. The summed E-state index contributed by atoms with van der Waals surface area (Å²) in [6.45, 7) is 1.75. The lowest BCUT2D eigenvalue weighted by atomic mass is 10.0. The SMILES string of the molecule is CNC(=O)C=C1C=CC=C(Nc2ncc(F)c(Nc3ccc4c(c3)C(OC(C)=O)CCO4)n2)C1=O. The summed E-state index contributed by atoms with van der Waals surface area (Å²) in [6, 6.07) is 5.08. The van der Waals surface area contributed by atoms with E-state index in [2.05, 4.69) is 25.9 Å². The van der Waals surface area contributed by atoms with Gasteiger partial charge in [0.05, 0.1) is 18.5 Å². The second kappa shape index (κ2) is 10.2. The number of nitrogens with zero attached hydrogens (tertiary/aromatic N) is 2. The highest BCUT2D eigenvalue weighted by Gasteiger charge is 2.25. The molecule has 2 aliphatic rings. The van der Waals surface area contributed by atoms with Gasteiger partial charge in [-0.3, -0.25) is 14.4 Å². The smallest absolute Gasteiger partial charge is 0.303 e. The number of hydrogen-bond donors (Lipinski definition) is 3. The van der Waals surface area contributed by atoms with Gasteiger partial charge in [-0.05, 0) is 24.3 Å². The number of nitrogens with one attached hydrogen (secondary N) is 3. The maximum absolute atomic E-state index is 14.5. The lowest BCUT2D eigenvalue weighted by Crippen LogP contribution is -2.20. The first-order chi connectivity index (χ1) is 16.8. The lowest BCUT2D eigenvalue weighted by molar-refractivity contribution is -0.148. The molecular formula is C24H22FN5O5. The average Bonchev–Trinajstić information content (AvgIpc) is 2.83. The normalized spacial score (nSPS) is 17.7. The fraction of sp³-hybridized carbons (Fsp3) is 0.208. The van der Waals surface area contributed by atoms with Crippen LogP contribution in [-0.2, 0) is 19.1 Å². The van der Waals surface area contributed by atoms with Gasteiger partial charge in [0.2, 0.25) is 17.6 Å². The maximum atomic E-state index is 14.5. The zero-order valence-electron chi connectivity index (χ0n) is 18.9. The Kier molecular flexibility index (Phi) is 6.86. The number of allylic oxidation sites excluding steroid dienone is 4. The Morgan fingerprint density at radius 3 is 2.89 bits per heavy atom. The van der Waals surface area contributed by atoms with Crippen LogP contribution in [0.4, 0.5) is 21.8 Å². The molecule has 0 radical (unpaired) electrons. The van der Waals surface area contributed by atoms with Crippen molar-refractivity contribution >= 4 is 35.1 Å². The second-order valence-electron chi connectivity index (χ2n) is 7.61. The lowest BCUT2D eigenvalue weighted by Gasteiger charge is -2.26. The van der Waals surface area contributed by atoms with E-state index in [4.69, 9.17) is 9.47 Å². The van der Waals surface area contributed by atoms with Crippen LogP contribution in [0.25, 0.3) is 0 Å². The highest BCUT2D eigenvalue weighted by molar-refractivity contribution is 6.15. The van der Waals surface area contributed by atoms with Gasteiger partial charge in [0.25, 0.3) is 0 Å². The molecule has 0 bridgehead atoms. The summed E-state index contributed by atoms with van der Waals surface area (Å²) in [5, 5.41) is 8.06. The number of anilines is 3. The Morgan fingerprint density at radius 1 is 1.29 bits per heavy atom. The molecule has 1 aliphatic carbocycles. The number of likely N-dealkylation sites (N-methyl/N-ethyl adjacent to an activating group) is 1. The summed E-state index contributed by atoms with van der Waals surface area (Å²) in [7, 11) is 1.46. The van der Waals surface area contributed by atoms with Gasteiger partial charge in [0.1, 0.15) is 11.9 Å². The molecule has 0 saturated heterocycles. The molecule has 1 aromatic carbocycles. The van der Waals surface area contributed by atoms with Crippen LogP contribution < -0.4 is 20.7 Å².